The minimum absolute atomic E-state index is 0.204. The summed E-state index contributed by atoms with van der Waals surface area (Å²) in [6.07, 6.45) is 0.204. The molecule has 0 aromatic heterocycles. The van der Waals surface area contributed by atoms with E-state index in [1.807, 2.05) is 0 Å². The Bertz CT molecular complexity index is 180. The molecule has 1 atom stereocenters. The monoisotopic (exact) mass is 179 g/mol. The van der Waals surface area contributed by atoms with E-state index in [1.165, 1.54) is 0 Å². The van der Waals surface area contributed by atoms with Crippen LogP contribution in [-0.4, -0.2) is 31.1 Å². The van der Waals surface area contributed by atoms with E-state index in [0.717, 1.165) is 0 Å². The van der Waals surface area contributed by atoms with E-state index in [4.69, 9.17) is 0 Å². The summed E-state index contributed by atoms with van der Waals surface area (Å²) < 4.78 is 25.7. The van der Waals surface area contributed by atoms with Gasteiger partial charge in [0.1, 0.15) is 0 Å². The smallest absolute Gasteiger partial charge is 0.339 e. The number of carbonyl (C=O) groups excluding carboxylic acids is 1. The zero-order valence-electron chi connectivity index (χ0n) is 6.44. The molecule has 0 bridgehead atoms. The Morgan fingerprint density at radius 3 is 2.67 bits per heavy atom. The van der Waals surface area contributed by atoms with Gasteiger partial charge in [0, 0.05) is 6.67 Å². The summed E-state index contributed by atoms with van der Waals surface area (Å²) >= 11 is 0. The number of hydrogen-bond acceptors (Lipinski definition) is 3. The van der Waals surface area contributed by atoms with Crippen molar-refractivity contribution in [1.29, 1.82) is 0 Å². The molecule has 0 aliphatic carbocycles. The average Bonchev–Trinajstić information content (AvgIpc) is 2.06. The molecule has 1 heterocycles. The van der Waals surface area contributed by atoms with Crippen molar-refractivity contribution in [3.05, 3.63) is 0 Å². The summed E-state index contributed by atoms with van der Waals surface area (Å²) in [6.45, 7) is 0.758. The summed E-state index contributed by atoms with van der Waals surface area (Å²) in [5, 5.41) is 5.31. The molecule has 0 radical (unpaired) electrons. The molecule has 1 aliphatic heterocycles. The lowest BCUT2D eigenvalue weighted by atomic mass is 10.1. The van der Waals surface area contributed by atoms with Crippen LogP contribution in [-0.2, 0) is 4.79 Å². The second-order valence-electron chi connectivity index (χ2n) is 2.71. The van der Waals surface area contributed by atoms with Crippen LogP contribution in [0, 0.1) is 0 Å². The number of rotatable bonds is 2. The van der Waals surface area contributed by atoms with Gasteiger partial charge in [0.15, 0.2) is 0 Å². The van der Waals surface area contributed by atoms with E-state index in [-0.39, 0.29) is 13.1 Å². The highest BCUT2D eigenvalue weighted by Crippen LogP contribution is 2.21. The van der Waals surface area contributed by atoms with Crippen LogP contribution in [0.25, 0.3) is 0 Å². The first kappa shape index (κ1) is 9.34. The molecule has 1 unspecified atom stereocenters. The summed E-state index contributed by atoms with van der Waals surface area (Å²) in [5.41, 5.74) is 4.55. The number of nitrogens with two attached hydrogens (primary N) is 1. The van der Waals surface area contributed by atoms with Gasteiger partial charge in [-0.2, -0.15) is 8.78 Å². The molecule has 0 saturated carbocycles. The van der Waals surface area contributed by atoms with Crippen LogP contribution >= 0.6 is 0 Å². The molecule has 1 aliphatic rings. The zero-order valence-corrected chi connectivity index (χ0v) is 6.44. The van der Waals surface area contributed by atoms with E-state index < -0.39 is 17.9 Å². The molecule has 0 aromatic carbocycles. The number of amides is 1. The molecule has 70 valence electrons. The van der Waals surface area contributed by atoms with E-state index in [1.54, 1.807) is 0 Å². The Morgan fingerprint density at radius 1 is 1.58 bits per heavy atom. The Balaban J connectivity index is 2.59. The van der Waals surface area contributed by atoms with Crippen molar-refractivity contribution in [2.75, 3.05) is 13.2 Å². The maximum Gasteiger partial charge on any atom is 0.339 e. The molecule has 0 spiro atoms. The molecule has 1 saturated heterocycles. The van der Waals surface area contributed by atoms with Crippen LogP contribution in [0.15, 0.2) is 0 Å². The highest BCUT2D eigenvalue weighted by atomic mass is 19.3. The molecular formula is C6H11F2N3O. The summed E-state index contributed by atoms with van der Waals surface area (Å²) in [6, 6.07) is -1.13. The number of alkyl halides is 2. The lowest BCUT2D eigenvalue weighted by Gasteiger charge is -2.29. The van der Waals surface area contributed by atoms with Gasteiger partial charge < -0.3 is 11.1 Å². The third-order valence-corrected chi connectivity index (χ3v) is 1.85. The van der Waals surface area contributed by atoms with Crippen molar-refractivity contribution in [2.24, 2.45) is 5.73 Å². The van der Waals surface area contributed by atoms with E-state index >= 15 is 0 Å². The van der Waals surface area contributed by atoms with Crippen molar-refractivity contribution in [3.8, 4) is 0 Å². The molecule has 1 amide bonds. The Morgan fingerprint density at radius 2 is 2.25 bits per heavy atom. The summed E-state index contributed by atoms with van der Waals surface area (Å²) in [4.78, 5) is 10.3. The predicted molar refractivity (Wildman–Crippen MR) is 38.6 cm³/mol. The van der Waals surface area contributed by atoms with Gasteiger partial charge in [-0.3, -0.25) is 10.1 Å². The fourth-order valence-corrected chi connectivity index (χ4v) is 1.11. The van der Waals surface area contributed by atoms with Crippen molar-refractivity contribution in [1.82, 2.24) is 10.6 Å². The van der Waals surface area contributed by atoms with Gasteiger partial charge in [0.05, 0.1) is 6.04 Å². The number of nitrogens with one attached hydrogen (secondary N) is 2. The number of hydrogen-bond donors (Lipinski definition) is 3. The maximum atomic E-state index is 12.9. The van der Waals surface area contributed by atoms with Gasteiger partial charge in [-0.05, 0) is 13.0 Å². The van der Waals surface area contributed by atoms with Crippen LogP contribution in [0.2, 0.25) is 0 Å². The summed E-state index contributed by atoms with van der Waals surface area (Å²) in [5.74, 6) is -5.01. The average molecular weight is 179 g/mol. The van der Waals surface area contributed by atoms with Crippen molar-refractivity contribution >= 4 is 5.91 Å². The number of primary amides is 1. The minimum Gasteiger partial charge on any atom is -0.364 e. The van der Waals surface area contributed by atoms with Gasteiger partial charge in [-0.25, -0.2) is 0 Å². The van der Waals surface area contributed by atoms with Crippen LogP contribution < -0.4 is 16.4 Å². The Labute approximate surface area is 68.5 Å². The molecular weight excluding hydrogens is 168 g/mol. The third kappa shape index (κ3) is 1.70. The first-order valence-electron chi connectivity index (χ1n) is 3.67. The van der Waals surface area contributed by atoms with E-state index in [2.05, 4.69) is 16.4 Å². The lowest BCUT2D eigenvalue weighted by Crippen LogP contribution is -2.58. The normalized spacial score (nSPS) is 25.3. The highest BCUT2D eigenvalue weighted by molar-refractivity contribution is 5.82. The lowest BCUT2D eigenvalue weighted by molar-refractivity contribution is -0.147. The van der Waals surface area contributed by atoms with Crippen LogP contribution in [0.3, 0.4) is 0 Å². The Hall–Kier alpha value is -0.750. The van der Waals surface area contributed by atoms with E-state index in [9.17, 15) is 13.6 Å². The molecule has 4 nitrogen and oxygen atoms in total. The topological polar surface area (TPSA) is 67.2 Å². The van der Waals surface area contributed by atoms with E-state index in [0.29, 0.717) is 6.54 Å². The fraction of sp³-hybridized carbons (Fsp3) is 0.833. The van der Waals surface area contributed by atoms with Gasteiger partial charge in [-0.1, -0.05) is 0 Å². The third-order valence-electron chi connectivity index (χ3n) is 1.85. The van der Waals surface area contributed by atoms with Crippen molar-refractivity contribution in [2.45, 2.75) is 18.4 Å². The maximum absolute atomic E-state index is 12.9. The van der Waals surface area contributed by atoms with Crippen LogP contribution in [0.5, 0.6) is 0 Å². The predicted octanol–water partition coefficient (Wildman–Crippen LogP) is -0.984. The minimum atomic E-state index is -3.44. The van der Waals surface area contributed by atoms with Crippen molar-refractivity contribution < 1.29 is 13.6 Å². The first-order valence-corrected chi connectivity index (χ1v) is 3.67. The molecule has 6 heteroatoms. The van der Waals surface area contributed by atoms with Crippen LogP contribution in [0.4, 0.5) is 8.78 Å². The van der Waals surface area contributed by atoms with Gasteiger partial charge in [-0.15, -0.1) is 0 Å². The first-order chi connectivity index (χ1) is 5.55. The second-order valence-corrected chi connectivity index (χ2v) is 2.71. The quantitative estimate of drug-likeness (QED) is 0.510. The molecule has 1 rings (SSSR count). The largest absolute Gasteiger partial charge is 0.364 e. The fourth-order valence-electron chi connectivity index (χ4n) is 1.11. The summed E-state index contributed by atoms with van der Waals surface area (Å²) in [7, 11) is 0. The van der Waals surface area contributed by atoms with Gasteiger partial charge in [0.2, 0.25) is 0 Å². The second kappa shape index (κ2) is 3.32. The number of carbonyl (C=O) groups is 1. The molecule has 0 aromatic rings. The standard InChI is InChI=1S/C6H11F2N3O/c7-6(8,5(9)12)4-1-2-10-3-11-4/h4,10-11H,1-3H2,(H2,9,12). The van der Waals surface area contributed by atoms with Crippen LogP contribution in [0.1, 0.15) is 6.42 Å². The molecule has 12 heavy (non-hydrogen) atoms. The Kier molecular flexibility index (Phi) is 2.58. The van der Waals surface area contributed by atoms with Gasteiger partial charge >= 0.3 is 5.92 Å². The van der Waals surface area contributed by atoms with Gasteiger partial charge in [0.25, 0.3) is 5.91 Å². The SMILES string of the molecule is NC(=O)C(F)(F)C1CCNCN1. The molecule has 4 N–H and O–H groups in total. The highest BCUT2D eigenvalue weighted by Gasteiger charge is 2.45. The zero-order chi connectivity index (χ0) is 9.19. The molecule has 1 fully saturated rings. The van der Waals surface area contributed by atoms with Crippen molar-refractivity contribution in [3.63, 3.8) is 0 Å². The number of halogens is 2.